The molecule has 18 heavy (non-hydrogen) atoms. The smallest absolute Gasteiger partial charge is 0.332 e. The summed E-state index contributed by atoms with van der Waals surface area (Å²) in [5, 5.41) is 0. The summed E-state index contributed by atoms with van der Waals surface area (Å²) in [6.45, 7) is 6.15. The summed E-state index contributed by atoms with van der Waals surface area (Å²) in [6, 6.07) is 10.2. The van der Waals surface area contributed by atoms with E-state index in [1.165, 1.54) is 5.56 Å². The van der Waals surface area contributed by atoms with E-state index in [9.17, 15) is 4.79 Å². The molecule has 0 aliphatic carbocycles. The summed E-state index contributed by atoms with van der Waals surface area (Å²) >= 11 is 0. The zero-order chi connectivity index (χ0) is 13.4. The van der Waals surface area contributed by atoms with E-state index in [0.29, 0.717) is 6.61 Å². The Bertz CT molecular complexity index is 352. The summed E-state index contributed by atoms with van der Waals surface area (Å²) in [5.74, 6) is -0.304. The van der Waals surface area contributed by atoms with E-state index in [1.54, 1.807) is 0 Å². The van der Waals surface area contributed by atoms with Gasteiger partial charge in [-0.05, 0) is 39.2 Å². The molecule has 0 radical (unpaired) electrons. The van der Waals surface area contributed by atoms with E-state index < -0.39 is 5.60 Å². The molecule has 0 unspecified atom stereocenters. The maximum absolute atomic E-state index is 11.3. The van der Waals surface area contributed by atoms with Crippen LogP contribution in [0.3, 0.4) is 0 Å². The highest BCUT2D eigenvalue weighted by Gasteiger charge is 2.15. The van der Waals surface area contributed by atoms with Gasteiger partial charge in [-0.15, -0.1) is 0 Å². The van der Waals surface area contributed by atoms with Crippen molar-refractivity contribution in [1.29, 1.82) is 0 Å². The summed E-state index contributed by atoms with van der Waals surface area (Å²) in [4.78, 5) is 11.3. The Balaban J connectivity index is 2.07. The normalized spacial score (nSPS) is 11.3. The van der Waals surface area contributed by atoms with Crippen molar-refractivity contribution in [2.45, 2.75) is 39.2 Å². The van der Waals surface area contributed by atoms with Crippen molar-refractivity contribution in [3.63, 3.8) is 0 Å². The van der Waals surface area contributed by atoms with E-state index in [4.69, 9.17) is 9.47 Å². The van der Waals surface area contributed by atoms with Gasteiger partial charge in [-0.3, -0.25) is 0 Å². The number of carbonyl (C=O) groups is 1. The first-order chi connectivity index (χ1) is 8.47. The SMILES string of the molecule is CC(C)(C)OC(=O)COCCCc1ccccc1. The topological polar surface area (TPSA) is 35.5 Å². The molecule has 0 spiro atoms. The van der Waals surface area contributed by atoms with Crippen LogP contribution in [0.25, 0.3) is 0 Å². The minimum atomic E-state index is -0.440. The Morgan fingerprint density at radius 1 is 1.17 bits per heavy atom. The van der Waals surface area contributed by atoms with E-state index in [2.05, 4.69) is 12.1 Å². The molecule has 0 saturated carbocycles. The van der Waals surface area contributed by atoms with Crippen LogP contribution in [0, 0.1) is 0 Å². The summed E-state index contributed by atoms with van der Waals surface area (Å²) in [7, 11) is 0. The Kier molecular flexibility index (Phi) is 5.86. The molecule has 0 fully saturated rings. The number of rotatable bonds is 6. The number of ether oxygens (including phenoxy) is 2. The molecule has 0 bridgehead atoms. The number of esters is 1. The Labute approximate surface area is 109 Å². The highest BCUT2D eigenvalue weighted by Crippen LogP contribution is 2.07. The van der Waals surface area contributed by atoms with E-state index in [-0.39, 0.29) is 12.6 Å². The predicted octanol–water partition coefficient (Wildman–Crippen LogP) is 2.98. The van der Waals surface area contributed by atoms with Crippen LogP contribution in [0.5, 0.6) is 0 Å². The fourth-order valence-electron chi connectivity index (χ4n) is 1.55. The van der Waals surface area contributed by atoms with Crippen LogP contribution in [-0.4, -0.2) is 24.8 Å². The number of benzene rings is 1. The molecule has 0 amide bonds. The van der Waals surface area contributed by atoms with Crippen molar-refractivity contribution in [2.75, 3.05) is 13.2 Å². The molecule has 0 aliphatic heterocycles. The fourth-order valence-corrected chi connectivity index (χ4v) is 1.55. The largest absolute Gasteiger partial charge is 0.458 e. The minimum absolute atomic E-state index is 0.0338. The van der Waals surface area contributed by atoms with Crippen molar-refractivity contribution in [3.05, 3.63) is 35.9 Å². The van der Waals surface area contributed by atoms with Gasteiger partial charge >= 0.3 is 5.97 Å². The average molecular weight is 250 g/mol. The molecule has 3 nitrogen and oxygen atoms in total. The quantitative estimate of drug-likeness (QED) is 0.575. The molecule has 0 atom stereocenters. The van der Waals surface area contributed by atoms with Crippen molar-refractivity contribution in [3.8, 4) is 0 Å². The second kappa shape index (κ2) is 7.17. The molecular weight excluding hydrogens is 228 g/mol. The van der Waals surface area contributed by atoms with Gasteiger partial charge in [-0.2, -0.15) is 0 Å². The van der Waals surface area contributed by atoms with Crippen molar-refractivity contribution < 1.29 is 14.3 Å². The fraction of sp³-hybridized carbons (Fsp3) is 0.533. The molecule has 0 N–H and O–H groups in total. The van der Waals surface area contributed by atoms with Gasteiger partial charge in [0.15, 0.2) is 0 Å². The second-order valence-electron chi connectivity index (χ2n) is 5.23. The van der Waals surface area contributed by atoms with E-state index >= 15 is 0 Å². The standard InChI is InChI=1S/C15H22O3/c1-15(2,3)18-14(16)12-17-11-7-10-13-8-5-4-6-9-13/h4-6,8-9H,7,10-12H2,1-3H3. The predicted molar refractivity (Wildman–Crippen MR) is 71.4 cm³/mol. The zero-order valence-corrected chi connectivity index (χ0v) is 11.4. The van der Waals surface area contributed by atoms with Gasteiger partial charge in [-0.1, -0.05) is 30.3 Å². The van der Waals surface area contributed by atoms with Gasteiger partial charge in [0.25, 0.3) is 0 Å². The third-order valence-electron chi connectivity index (χ3n) is 2.24. The lowest BCUT2D eigenvalue weighted by Gasteiger charge is -2.19. The summed E-state index contributed by atoms with van der Waals surface area (Å²) in [6.07, 6.45) is 1.88. The third-order valence-corrected chi connectivity index (χ3v) is 2.24. The van der Waals surface area contributed by atoms with E-state index in [1.807, 2.05) is 39.0 Å². The first kappa shape index (κ1) is 14.7. The van der Waals surface area contributed by atoms with Gasteiger partial charge in [0, 0.05) is 6.61 Å². The van der Waals surface area contributed by atoms with Gasteiger partial charge in [0.1, 0.15) is 12.2 Å². The monoisotopic (exact) mass is 250 g/mol. The van der Waals surface area contributed by atoms with Gasteiger partial charge < -0.3 is 9.47 Å². The van der Waals surface area contributed by atoms with Crippen LogP contribution in [-0.2, 0) is 20.7 Å². The van der Waals surface area contributed by atoms with Crippen molar-refractivity contribution in [2.24, 2.45) is 0 Å². The van der Waals surface area contributed by atoms with E-state index in [0.717, 1.165) is 12.8 Å². The molecule has 1 aromatic rings. The summed E-state index contributed by atoms with van der Waals surface area (Å²) < 4.78 is 10.4. The molecule has 0 aromatic heterocycles. The molecule has 100 valence electrons. The lowest BCUT2D eigenvalue weighted by Crippen LogP contribution is -2.26. The number of aryl methyl sites for hydroxylation is 1. The van der Waals surface area contributed by atoms with Crippen LogP contribution in [0.15, 0.2) is 30.3 Å². The third kappa shape index (κ3) is 7.07. The lowest BCUT2D eigenvalue weighted by atomic mass is 10.1. The van der Waals surface area contributed by atoms with Crippen LogP contribution < -0.4 is 0 Å². The van der Waals surface area contributed by atoms with Crippen molar-refractivity contribution >= 4 is 5.97 Å². The van der Waals surface area contributed by atoms with Gasteiger partial charge in [-0.25, -0.2) is 4.79 Å². The highest BCUT2D eigenvalue weighted by atomic mass is 16.6. The Morgan fingerprint density at radius 2 is 1.83 bits per heavy atom. The average Bonchev–Trinajstić information content (AvgIpc) is 2.27. The molecule has 1 rings (SSSR count). The van der Waals surface area contributed by atoms with Crippen LogP contribution in [0.1, 0.15) is 32.8 Å². The first-order valence-corrected chi connectivity index (χ1v) is 6.31. The molecule has 0 saturated heterocycles. The van der Waals surface area contributed by atoms with Gasteiger partial charge in [0.2, 0.25) is 0 Å². The lowest BCUT2D eigenvalue weighted by molar-refractivity contribution is -0.160. The number of carbonyl (C=O) groups excluding carboxylic acids is 1. The Hall–Kier alpha value is -1.35. The maximum atomic E-state index is 11.3. The molecule has 1 aromatic carbocycles. The first-order valence-electron chi connectivity index (χ1n) is 6.31. The zero-order valence-electron chi connectivity index (χ0n) is 11.4. The maximum Gasteiger partial charge on any atom is 0.332 e. The van der Waals surface area contributed by atoms with Crippen LogP contribution in [0.4, 0.5) is 0 Å². The van der Waals surface area contributed by atoms with Crippen LogP contribution >= 0.6 is 0 Å². The Morgan fingerprint density at radius 3 is 2.44 bits per heavy atom. The van der Waals surface area contributed by atoms with Crippen molar-refractivity contribution in [1.82, 2.24) is 0 Å². The van der Waals surface area contributed by atoms with Gasteiger partial charge in [0.05, 0.1) is 0 Å². The highest BCUT2D eigenvalue weighted by molar-refractivity contribution is 5.71. The molecule has 0 heterocycles. The molecule has 3 heteroatoms. The van der Waals surface area contributed by atoms with Crippen LogP contribution in [0.2, 0.25) is 0 Å². The number of hydrogen-bond donors (Lipinski definition) is 0. The molecule has 0 aliphatic rings. The number of hydrogen-bond acceptors (Lipinski definition) is 3. The molecular formula is C15H22O3. The second-order valence-corrected chi connectivity index (χ2v) is 5.23. The minimum Gasteiger partial charge on any atom is -0.458 e. The summed E-state index contributed by atoms with van der Waals surface area (Å²) in [5.41, 5.74) is 0.850.